The number of rotatable bonds is 7. The van der Waals surface area contributed by atoms with Gasteiger partial charge in [-0.15, -0.1) is 0 Å². The molecule has 0 fully saturated rings. The van der Waals surface area contributed by atoms with E-state index in [-0.39, 0.29) is 12.5 Å². The summed E-state index contributed by atoms with van der Waals surface area (Å²) in [5.41, 5.74) is 3.64. The Morgan fingerprint density at radius 3 is 2.89 bits per heavy atom. The molecule has 3 heterocycles. The second-order valence-electron chi connectivity index (χ2n) is 7.72. The summed E-state index contributed by atoms with van der Waals surface area (Å²) in [5, 5.41) is 4.47. The molecule has 1 atom stereocenters. The van der Waals surface area contributed by atoms with Gasteiger partial charge in [0.2, 0.25) is 5.91 Å². The van der Waals surface area contributed by atoms with Crippen LogP contribution in [0.25, 0.3) is 0 Å². The lowest BCUT2D eigenvalue weighted by Crippen LogP contribution is -2.30. The number of ether oxygens (including phenoxy) is 1. The maximum Gasteiger partial charge on any atom is 0.248 e. The molecule has 7 heteroatoms. The Bertz CT molecular complexity index is 764. The van der Waals surface area contributed by atoms with Crippen LogP contribution in [0.4, 0.5) is 0 Å². The summed E-state index contributed by atoms with van der Waals surface area (Å²) < 4.78 is 9.94. The molecule has 0 saturated heterocycles. The number of nitrogens with zero attached hydrogens (tertiary/aromatic N) is 5. The van der Waals surface area contributed by atoms with E-state index in [1.807, 2.05) is 18.7 Å². The van der Waals surface area contributed by atoms with Crippen molar-refractivity contribution < 1.29 is 9.53 Å². The normalized spacial score (nSPS) is 17.6. The van der Waals surface area contributed by atoms with Gasteiger partial charge in [0.05, 0.1) is 11.4 Å². The molecule has 7 nitrogen and oxygen atoms in total. The molecular formula is C20H31N5O2. The minimum atomic E-state index is 0.0109. The second-order valence-corrected chi connectivity index (χ2v) is 7.72. The van der Waals surface area contributed by atoms with Crippen molar-refractivity contribution in [3.8, 4) is 0 Å². The smallest absolute Gasteiger partial charge is 0.248 e. The molecule has 3 rings (SSSR count). The molecule has 0 N–H and O–H groups in total. The van der Waals surface area contributed by atoms with Crippen LogP contribution in [0.3, 0.4) is 0 Å². The van der Waals surface area contributed by atoms with E-state index in [2.05, 4.69) is 39.0 Å². The first-order chi connectivity index (χ1) is 12.9. The third-order valence-electron chi connectivity index (χ3n) is 5.16. The van der Waals surface area contributed by atoms with Crippen molar-refractivity contribution in [3.63, 3.8) is 0 Å². The molecule has 0 unspecified atom stereocenters. The summed E-state index contributed by atoms with van der Waals surface area (Å²) in [7, 11) is 5.52. The Kier molecular flexibility index (Phi) is 6.34. The molecule has 2 aromatic rings. The summed E-state index contributed by atoms with van der Waals surface area (Å²) >= 11 is 0. The number of carbonyl (C=O) groups excluding carboxylic acids is 1. The zero-order valence-corrected chi connectivity index (χ0v) is 16.9. The third-order valence-corrected chi connectivity index (χ3v) is 5.16. The van der Waals surface area contributed by atoms with Gasteiger partial charge in [-0.2, -0.15) is 5.10 Å². The summed E-state index contributed by atoms with van der Waals surface area (Å²) in [4.78, 5) is 15.7. The first kappa shape index (κ1) is 19.6. The van der Waals surface area contributed by atoms with E-state index in [0.29, 0.717) is 12.5 Å². The van der Waals surface area contributed by atoms with E-state index < -0.39 is 0 Å². The first-order valence-corrected chi connectivity index (χ1v) is 9.56. The summed E-state index contributed by atoms with van der Waals surface area (Å²) in [6.45, 7) is 6.63. The molecule has 0 aliphatic carbocycles. The number of likely N-dealkylation sites (N-methyl/N-ethyl adjacent to an activating group) is 1. The molecule has 2 aromatic heterocycles. The van der Waals surface area contributed by atoms with Crippen molar-refractivity contribution in [1.29, 1.82) is 0 Å². The Balaban J connectivity index is 1.60. The first-order valence-electron chi connectivity index (χ1n) is 9.56. The molecule has 0 saturated carbocycles. The summed E-state index contributed by atoms with van der Waals surface area (Å²) in [6.07, 6.45) is 3.11. The highest BCUT2D eigenvalue weighted by Gasteiger charge is 2.22. The number of aromatic nitrogens is 3. The third kappa shape index (κ3) is 5.20. The highest BCUT2D eigenvalue weighted by molar-refractivity contribution is 5.76. The summed E-state index contributed by atoms with van der Waals surface area (Å²) in [6, 6.07) is 6.49. The lowest BCUT2D eigenvalue weighted by atomic mass is 10.1. The molecule has 1 aliphatic rings. The van der Waals surface area contributed by atoms with Crippen LogP contribution in [-0.4, -0.2) is 63.9 Å². The van der Waals surface area contributed by atoms with E-state index in [1.54, 1.807) is 19.0 Å². The maximum absolute atomic E-state index is 11.6. The number of aryl methyl sites for hydroxylation is 2. The average molecular weight is 374 g/mol. The van der Waals surface area contributed by atoms with Crippen LogP contribution in [0, 0.1) is 12.8 Å². The zero-order valence-electron chi connectivity index (χ0n) is 16.9. The van der Waals surface area contributed by atoms with Gasteiger partial charge in [-0.1, -0.05) is 0 Å². The van der Waals surface area contributed by atoms with Crippen LogP contribution in [-0.2, 0) is 36.2 Å². The molecule has 1 amide bonds. The van der Waals surface area contributed by atoms with Crippen molar-refractivity contribution >= 4 is 5.91 Å². The second kappa shape index (κ2) is 8.71. The topological polar surface area (TPSA) is 55.5 Å². The Hall–Kier alpha value is -2.12. The van der Waals surface area contributed by atoms with Gasteiger partial charge in [0.15, 0.2) is 0 Å². The van der Waals surface area contributed by atoms with Crippen LogP contribution < -0.4 is 0 Å². The lowest BCUT2D eigenvalue weighted by Gasteiger charge is -2.24. The van der Waals surface area contributed by atoms with Crippen LogP contribution >= 0.6 is 0 Å². The quantitative estimate of drug-likeness (QED) is 0.693. The Morgan fingerprint density at radius 2 is 2.19 bits per heavy atom. The standard InChI is InChI=1S/C20H31N5O2/c1-16-10-19(23(4)21-16)14-24-11-17(7-9-27-15-20(26)22(2)3)12-25-8-5-6-18(25)13-24/h5-6,8,10,17H,7,9,11-15H2,1-4H3/t17-/m0/s1. The summed E-state index contributed by atoms with van der Waals surface area (Å²) in [5.74, 6) is 0.499. The number of carbonyl (C=O) groups is 1. The Morgan fingerprint density at radius 1 is 1.37 bits per heavy atom. The van der Waals surface area contributed by atoms with Gasteiger partial charge < -0.3 is 14.2 Å². The van der Waals surface area contributed by atoms with Gasteiger partial charge in [-0.05, 0) is 37.5 Å². The van der Waals surface area contributed by atoms with Crippen molar-refractivity contribution in [2.45, 2.75) is 33.0 Å². The van der Waals surface area contributed by atoms with Crippen LogP contribution in [0.15, 0.2) is 24.4 Å². The van der Waals surface area contributed by atoms with Crippen molar-refractivity contribution in [2.75, 3.05) is 33.9 Å². The molecule has 27 heavy (non-hydrogen) atoms. The SMILES string of the molecule is Cc1cc(CN2Cc3cccn3C[C@@H](CCOCC(=O)N(C)C)C2)n(C)n1. The maximum atomic E-state index is 11.6. The van der Waals surface area contributed by atoms with E-state index in [9.17, 15) is 4.79 Å². The fraction of sp³-hybridized carbons (Fsp3) is 0.600. The van der Waals surface area contributed by atoms with Gasteiger partial charge in [-0.3, -0.25) is 14.4 Å². The van der Waals surface area contributed by atoms with Gasteiger partial charge in [0.1, 0.15) is 6.61 Å². The van der Waals surface area contributed by atoms with E-state index >= 15 is 0 Å². The average Bonchev–Trinajstić information content (AvgIpc) is 3.12. The molecule has 0 spiro atoms. The predicted octanol–water partition coefficient (Wildman–Crippen LogP) is 1.66. The lowest BCUT2D eigenvalue weighted by molar-refractivity contribution is -0.133. The highest BCUT2D eigenvalue weighted by Crippen LogP contribution is 2.21. The van der Waals surface area contributed by atoms with Crippen LogP contribution in [0.2, 0.25) is 0 Å². The fourth-order valence-corrected chi connectivity index (χ4v) is 3.65. The van der Waals surface area contributed by atoms with Crippen LogP contribution in [0.5, 0.6) is 0 Å². The van der Waals surface area contributed by atoms with E-state index in [1.165, 1.54) is 11.4 Å². The molecule has 1 aliphatic heterocycles. The van der Waals surface area contributed by atoms with Gasteiger partial charge in [0, 0.05) is 65.8 Å². The largest absolute Gasteiger partial charge is 0.372 e. The molecule has 148 valence electrons. The predicted molar refractivity (Wildman–Crippen MR) is 104 cm³/mol. The minimum Gasteiger partial charge on any atom is -0.372 e. The number of hydrogen-bond donors (Lipinski definition) is 0. The van der Waals surface area contributed by atoms with Gasteiger partial charge in [0.25, 0.3) is 0 Å². The highest BCUT2D eigenvalue weighted by atomic mass is 16.5. The van der Waals surface area contributed by atoms with Crippen molar-refractivity contribution in [1.82, 2.24) is 24.1 Å². The Labute approximate surface area is 161 Å². The van der Waals surface area contributed by atoms with Crippen molar-refractivity contribution in [3.05, 3.63) is 41.5 Å². The van der Waals surface area contributed by atoms with Gasteiger partial charge in [-0.25, -0.2) is 0 Å². The molecule has 0 aromatic carbocycles. The zero-order chi connectivity index (χ0) is 19.4. The fourth-order valence-electron chi connectivity index (χ4n) is 3.65. The molecule has 0 radical (unpaired) electrons. The molecule has 0 bridgehead atoms. The number of fused-ring (bicyclic) bond motifs is 1. The van der Waals surface area contributed by atoms with E-state index in [4.69, 9.17) is 4.74 Å². The molecular weight excluding hydrogens is 342 g/mol. The number of amides is 1. The van der Waals surface area contributed by atoms with Crippen molar-refractivity contribution in [2.24, 2.45) is 13.0 Å². The number of hydrogen-bond acceptors (Lipinski definition) is 4. The van der Waals surface area contributed by atoms with Crippen LogP contribution in [0.1, 0.15) is 23.5 Å². The van der Waals surface area contributed by atoms with Gasteiger partial charge >= 0.3 is 0 Å². The monoisotopic (exact) mass is 373 g/mol. The van der Waals surface area contributed by atoms with E-state index in [0.717, 1.165) is 38.3 Å². The minimum absolute atomic E-state index is 0.0109.